The molecule has 5 nitrogen and oxygen atoms in total. The summed E-state index contributed by atoms with van der Waals surface area (Å²) in [6.45, 7) is 1.47. The molecule has 0 aliphatic heterocycles. The van der Waals surface area contributed by atoms with Gasteiger partial charge in [0.15, 0.2) is 0 Å². The van der Waals surface area contributed by atoms with Gasteiger partial charge in [0.2, 0.25) is 0 Å². The molecule has 2 aromatic rings. The van der Waals surface area contributed by atoms with E-state index in [0.29, 0.717) is 5.56 Å². The van der Waals surface area contributed by atoms with Crippen molar-refractivity contribution >= 4 is 17.0 Å². The highest BCUT2D eigenvalue weighted by Crippen LogP contribution is 2.19. The molecule has 0 amide bonds. The normalized spacial score (nSPS) is 11.9. The van der Waals surface area contributed by atoms with E-state index in [0.717, 1.165) is 10.9 Å². The van der Waals surface area contributed by atoms with Crippen molar-refractivity contribution in [3.8, 4) is 0 Å². The van der Waals surface area contributed by atoms with Gasteiger partial charge in [-0.2, -0.15) is 0 Å². The number of pyridine rings is 1. The lowest BCUT2D eigenvalue weighted by molar-refractivity contribution is -0.00186. The number of aromatic nitrogens is 1. The van der Waals surface area contributed by atoms with Crippen LogP contribution < -0.4 is 5.56 Å². The number of allylic oxidation sites excluding steroid dienone is 1. The Labute approximate surface area is 104 Å². The summed E-state index contributed by atoms with van der Waals surface area (Å²) in [6.07, 6.45) is 1.48. The van der Waals surface area contributed by atoms with E-state index in [-0.39, 0.29) is 16.5 Å². The minimum atomic E-state index is -0.216. The maximum Gasteiger partial charge on any atom is 0.251 e. The van der Waals surface area contributed by atoms with Crippen molar-refractivity contribution in [3.05, 3.63) is 57.2 Å². The highest BCUT2D eigenvalue weighted by atomic mass is 16.8. The fourth-order valence-electron chi connectivity index (χ4n) is 1.84. The second-order valence-electron chi connectivity index (χ2n) is 4.07. The van der Waals surface area contributed by atoms with Gasteiger partial charge in [-0.15, -0.1) is 0 Å². The van der Waals surface area contributed by atoms with Crippen molar-refractivity contribution in [3.63, 3.8) is 0 Å². The quantitative estimate of drug-likeness (QED) is 0.822. The number of fused-ring (bicyclic) bond motifs is 1. The Morgan fingerprint density at radius 2 is 2.11 bits per heavy atom. The van der Waals surface area contributed by atoms with E-state index in [1.54, 1.807) is 7.05 Å². The average molecular weight is 245 g/mol. The van der Waals surface area contributed by atoms with Crippen molar-refractivity contribution in [2.24, 2.45) is 7.05 Å². The molecule has 0 unspecified atom stereocenters. The molecule has 1 heterocycles. The van der Waals surface area contributed by atoms with Crippen LogP contribution in [0.25, 0.3) is 17.0 Å². The summed E-state index contributed by atoms with van der Waals surface area (Å²) in [5.41, 5.74) is 1.34. The van der Waals surface area contributed by atoms with Gasteiger partial charge in [-0.05, 0) is 24.6 Å². The average Bonchev–Trinajstić information content (AvgIpc) is 2.35. The van der Waals surface area contributed by atoms with Crippen LogP contribution in [0.5, 0.6) is 0 Å². The minimum absolute atomic E-state index is 0.119. The van der Waals surface area contributed by atoms with Crippen LogP contribution in [0, 0.1) is 5.21 Å². The van der Waals surface area contributed by atoms with Crippen LogP contribution in [-0.4, -0.2) is 15.0 Å². The largest absolute Gasteiger partial charge is 0.734 e. The third kappa shape index (κ3) is 2.13. The Morgan fingerprint density at radius 1 is 1.44 bits per heavy atom. The molecule has 5 heteroatoms. The van der Waals surface area contributed by atoms with Crippen molar-refractivity contribution in [1.29, 1.82) is 0 Å². The molecule has 0 spiro atoms. The van der Waals surface area contributed by atoms with Crippen LogP contribution >= 0.6 is 0 Å². The van der Waals surface area contributed by atoms with Gasteiger partial charge in [-0.1, -0.05) is 18.2 Å². The fourth-order valence-corrected chi connectivity index (χ4v) is 1.84. The fraction of sp³-hybridized carbons (Fsp3) is 0.154. The van der Waals surface area contributed by atoms with E-state index in [4.69, 9.17) is 5.21 Å². The lowest BCUT2D eigenvalue weighted by atomic mass is 10.1. The molecule has 1 aromatic heterocycles. The van der Waals surface area contributed by atoms with E-state index in [9.17, 15) is 10.0 Å². The molecule has 0 saturated heterocycles. The first-order valence-electron chi connectivity index (χ1n) is 5.44. The van der Waals surface area contributed by atoms with E-state index in [1.807, 2.05) is 24.3 Å². The first-order chi connectivity index (χ1) is 8.50. The van der Waals surface area contributed by atoms with E-state index >= 15 is 0 Å². The molecule has 2 rings (SSSR count). The van der Waals surface area contributed by atoms with Crippen molar-refractivity contribution in [2.45, 2.75) is 6.92 Å². The van der Waals surface area contributed by atoms with E-state index < -0.39 is 0 Å². The van der Waals surface area contributed by atoms with Gasteiger partial charge in [0.1, 0.15) is 0 Å². The van der Waals surface area contributed by atoms with Gasteiger partial charge in [0.25, 0.3) is 5.56 Å². The van der Waals surface area contributed by atoms with Gasteiger partial charge < -0.3 is 15.0 Å². The minimum Gasteiger partial charge on any atom is -0.734 e. The third-order valence-corrected chi connectivity index (χ3v) is 2.85. The van der Waals surface area contributed by atoms with Crippen LogP contribution in [0.15, 0.2) is 40.8 Å². The molecule has 0 fully saturated rings. The Balaban J connectivity index is 2.76. The predicted molar refractivity (Wildman–Crippen MR) is 69.8 cm³/mol. The number of nitrogens with zero attached hydrogens (tertiary/aromatic N) is 2. The first kappa shape index (κ1) is 12.3. The Kier molecular flexibility index (Phi) is 3.18. The third-order valence-electron chi connectivity index (χ3n) is 2.85. The highest BCUT2D eigenvalue weighted by molar-refractivity contribution is 5.88. The lowest BCUT2D eigenvalue weighted by Crippen LogP contribution is -2.16. The Morgan fingerprint density at radius 3 is 2.78 bits per heavy atom. The summed E-state index contributed by atoms with van der Waals surface area (Å²) in [6, 6.07) is 8.83. The standard InChI is InChI=1S/C13H13N2O3/c1-9(15(17)18)7-10-8-13(16)14(2)12-6-4-3-5-11(10)12/h3-8,17H,1-2H3/q-1. The highest BCUT2D eigenvalue weighted by Gasteiger charge is 2.04. The maximum absolute atomic E-state index is 11.8. The molecule has 0 bridgehead atoms. The zero-order valence-electron chi connectivity index (χ0n) is 10.1. The van der Waals surface area contributed by atoms with Crippen molar-refractivity contribution in [1.82, 2.24) is 9.79 Å². The zero-order valence-corrected chi connectivity index (χ0v) is 10.1. The molecule has 1 N–H and O–H groups in total. The van der Waals surface area contributed by atoms with Crippen LogP contribution in [0.1, 0.15) is 12.5 Å². The number of hydroxylamine groups is 2. The number of benzene rings is 1. The molecule has 0 saturated carbocycles. The monoisotopic (exact) mass is 245 g/mol. The van der Waals surface area contributed by atoms with Gasteiger partial charge >= 0.3 is 0 Å². The summed E-state index contributed by atoms with van der Waals surface area (Å²) in [4.78, 5) is 11.8. The molecular formula is C13H13N2O3-. The molecule has 0 radical (unpaired) electrons. The molecular weight excluding hydrogens is 232 g/mol. The van der Waals surface area contributed by atoms with Crippen LogP contribution in [-0.2, 0) is 7.05 Å². The van der Waals surface area contributed by atoms with Gasteiger partial charge in [-0.3, -0.25) is 10.0 Å². The topological polar surface area (TPSA) is 68.5 Å². The summed E-state index contributed by atoms with van der Waals surface area (Å²) >= 11 is 0. The first-order valence-corrected chi connectivity index (χ1v) is 5.44. The Bertz CT molecular complexity index is 671. The van der Waals surface area contributed by atoms with Crippen molar-refractivity contribution in [2.75, 3.05) is 0 Å². The Hall–Kier alpha value is -2.11. The van der Waals surface area contributed by atoms with Gasteiger partial charge in [0.05, 0.1) is 5.52 Å². The SMILES string of the molecule is CC(=Cc1cc(=O)n(C)c2ccccc12)N([O-])O. The molecule has 0 aliphatic rings. The van der Waals surface area contributed by atoms with E-state index in [2.05, 4.69) is 0 Å². The number of para-hydroxylation sites is 1. The second-order valence-corrected chi connectivity index (χ2v) is 4.07. The van der Waals surface area contributed by atoms with Crippen LogP contribution in [0.2, 0.25) is 0 Å². The van der Waals surface area contributed by atoms with E-state index in [1.165, 1.54) is 23.6 Å². The molecule has 94 valence electrons. The molecule has 1 aromatic carbocycles. The summed E-state index contributed by atoms with van der Waals surface area (Å²) in [5, 5.41) is 20.2. The summed E-state index contributed by atoms with van der Waals surface area (Å²) < 4.78 is 1.54. The lowest BCUT2D eigenvalue weighted by Gasteiger charge is -2.22. The smallest absolute Gasteiger partial charge is 0.251 e. The maximum atomic E-state index is 11.8. The number of rotatable bonds is 2. The molecule has 0 aliphatic carbocycles. The number of hydrogen-bond donors (Lipinski definition) is 1. The van der Waals surface area contributed by atoms with Crippen LogP contribution in [0.4, 0.5) is 0 Å². The van der Waals surface area contributed by atoms with Gasteiger partial charge in [-0.25, -0.2) is 0 Å². The van der Waals surface area contributed by atoms with Gasteiger partial charge in [0, 0.05) is 24.2 Å². The zero-order chi connectivity index (χ0) is 13.3. The number of hydrogen-bond acceptors (Lipinski definition) is 4. The van der Waals surface area contributed by atoms with Crippen LogP contribution in [0.3, 0.4) is 0 Å². The predicted octanol–water partition coefficient (Wildman–Crippen LogP) is 2.09. The van der Waals surface area contributed by atoms with Crippen molar-refractivity contribution < 1.29 is 5.21 Å². The molecule has 18 heavy (non-hydrogen) atoms. The second kappa shape index (κ2) is 4.64. The number of aryl methyl sites for hydroxylation is 1. The molecule has 0 atom stereocenters. The summed E-state index contributed by atoms with van der Waals surface area (Å²) in [5.74, 6) is 0. The summed E-state index contributed by atoms with van der Waals surface area (Å²) in [7, 11) is 1.69.